The molecule has 0 unspecified atom stereocenters. The smallest absolute Gasteiger partial charge is 0.328 e. The standard InChI is InChI=1S/C5H11NO3/c1-2-9-3-4(6)5(7)8/h4H,2-3,6H2,1H3,(H,7,8)/p+1/t4-/m1/s1. The van der Waals surface area contributed by atoms with Crippen LogP contribution in [0.5, 0.6) is 0 Å². The van der Waals surface area contributed by atoms with E-state index >= 15 is 0 Å². The first kappa shape index (κ1) is 8.39. The van der Waals surface area contributed by atoms with Crippen LogP contribution in [-0.2, 0) is 4.79 Å². The van der Waals surface area contributed by atoms with Crippen LogP contribution in [0, 0.1) is 0 Å². The number of hydrogen-bond acceptors (Lipinski definition) is 2. The van der Waals surface area contributed by atoms with Gasteiger partial charge in [-0.05, 0) is 0 Å². The number of carboxylic acids is 1. The Hall–Kier alpha value is -0.610. The van der Waals surface area contributed by atoms with Gasteiger partial charge in [-0.15, -0.1) is 0 Å². The normalized spacial score (nSPS) is 13.1. The molecule has 0 rings (SSSR count). The van der Waals surface area contributed by atoms with Gasteiger partial charge in [0.25, 0.3) is 0 Å². The van der Waals surface area contributed by atoms with Gasteiger partial charge in [-0.2, -0.15) is 0 Å². The lowest BCUT2D eigenvalue weighted by atomic mass is 10.3. The van der Waals surface area contributed by atoms with Gasteiger partial charge in [0.2, 0.25) is 0 Å². The zero-order valence-electron chi connectivity index (χ0n) is 5.37. The fourth-order valence-corrected chi connectivity index (χ4v) is 0.346. The third-order valence-electron chi connectivity index (χ3n) is 0.867. The molecule has 4 nitrogen and oxygen atoms in total. The Morgan fingerprint density at radius 3 is 2.78 bits per heavy atom. The second-order valence-electron chi connectivity index (χ2n) is 1.67. The summed E-state index contributed by atoms with van der Waals surface area (Å²) in [7, 11) is 0. The average Bonchev–Trinajstić information content (AvgIpc) is 1.82. The Balaban J connectivity index is 3.27. The van der Waals surface area contributed by atoms with Crippen molar-refractivity contribution in [2.24, 2.45) is 5.73 Å². The van der Waals surface area contributed by atoms with E-state index in [0.29, 0.717) is 6.61 Å². The van der Waals surface area contributed by atoms with Crippen molar-refractivity contribution < 1.29 is 14.6 Å². The number of rotatable bonds is 4. The quantitative estimate of drug-likeness (QED) is 0.481. The van der Waals surface area contributed by atoms with Crippen LogP contribution >= 0.6 is 0 Å². The van der Waals surface area contributed by atoms with Crippen molar-refractivity contribution in [3.05, 3.63) is 0 Å². The Morgan fingerprint density at radius 2 is 2.44 bits per heavy atom. The van der Waals surface area contributed by atoms with E-state index in [4.69, 9.17) is 10.8 Å². The zero-order chi connectivity index (χ0) is 7.28. The molecule has 0 aromatic rings. The van der Waals surface area contributed by atoms with Crippen LogP contribution in [0.25, 0.3) is 0 Å². The number of hydrogen-bond donors (Lipinski definition) is 2. The first-order chi connectivity index (χ1) is 4.18. The first-order valence-electron chi connectivity index (χ1n) is 2.80. The maximum absolute atomic E-state index is 10.0. The molecule has 0 spiro atoms. The summed E-state index contributed by atoms with van der Waals surface area (Å²) in [6, 6.07) is -0.829. The van der Waals surface area contributed by atoms with E-state index < -0.39 is 12.0 Å². The van der Waals surface area contributed by atoms with Gasteiger partial charge in [-0.1, -0.05) is 0 Å². The van der Waals surface area contributed by atoms with Crippen molar-refractivity contribution in [1.29, 1.82) is 0 Å². The molecule has 0 aromatic heterocycles. The summed E-state index contributed by atoms with van der Waals surface area (Å²) in [5.74, 6) is -0.993. The second kappa shape index (κ2) is 4.29. The van der Waals surface area contributed by atoms with Crippen molar-refractivity contribution in [1.82, 2.24) is 0 Å². The summed E-state index contributed by atoms with van der Waals surface area (Å²) in [5, 5.41) is 8.22. The Bertz CT molecular complexity index is 94.2. The van der Waals surface area contributed by atoms with Gasteiger partial charge < -0.3 is 15.6 Å². The molecule has 0 radical (unpaired) electrons. The molecule has 9 heavy (non-hydrogen) atoms. The largest absolute Gasteiger partial charge is 0.480 e. The molecule has 0 saturated heterocycles. The number of carbonyl (C=O) groups is 1. The average molecular weight is 134 g/mol. The predicted octanol–water partition coefficient (Wildman–Crippen LogP) is -1.05. The summed E-state index contributed by atoms with van der Waals surface area (Å²) in [6.45, 7) is 2.68. The molecule has 0 aromatic carbocycles. The van der Waals surface area contributed by atoms with Gasteiger partial charge in [0.1, 0.15) is 6.61 Å². The van der Waals surface area contributed by atoms with Gasteiger partial charge in [-0.3, -0.25) is 4.79 Å². The van der Waals surface area contributed by atoms with Crippen molar-refractivity contribution >= 4 is 5.97 Å². The molecular weight excluding hydrogens is 122 g/mol. The van der Waals surface area contributed by atoms with Gasteiger partial charge in [-0.25, -0.2) is 0 Å². The zero-order valence-corrected chi connectivity index (χ0v) is 5.37. The van der Waals surface area contributed by atoms with Crippen LogP contribution in [0.4, 0.5) is 0 Å². The maximum atomic E-state index is 10.0. The van der Waals surface area contributed by atoms with Crippen molar-refractivity contribution in [3.63, 3.8) is 0 Å². The number of nitrogens with two attached hydrogens (primary N) is 1. The highest BCUT2D eigenvalue weighted by Crippen LogP contribution is 1.77. The predicted molar refractivity (Wildman–Crippen MR) is 33.2 cm³/mol. The molecule has 54 valence electrons. The summed E-state index contributed by atoms with van der Waals surface area (Å²) in [5.41, 5.74) is 5.11. The van der Waals surface area contributed by atoms with E-state index in [1.165, 1.54) is 0 Å². The molecular formula is C5H12NO3+. The summed E-state index contributed by atoms with van der Waals surface area (Å²) < 4.78 is 3.79. The fourth-order valence-electron chi connectivity index (χ4n) is 0.346. The molecule has 4 N–H and O–H groups in total. The Labute approximate surface area is 53.6 Å². The van der Waals surface area contributed by atoms with Crippen LogP contribution in [0.1, 0.15) is 6.92 Å². The molecule has 0 amide bonds. The topological polar surface area (TPSA) is 76.1 Å². The van der Waals surface area contributed by atoms with Crippen molar-refractivity contribution in [2.45, 2.75) is 13.0 Å². The van der Waals surface area contributed by atoms with Gasteiger partial charge in [0.15, 0.2) is 12.6 Å². The van der Waals surface area contributed by atoms with E-state index in [1.807, 2.05) is 6.92 Å². The van der Waals surface area contributed by atoms with E-state index in [0.717, 1.165) is 0 Å². The summed E-state index contributed by atoms with van der Waals surface area (Å²) >= 11 is 0. The van der Waals surface area contributed by atoms with Gasteiger partial charge in [0.05, 0.1) is 0 Å². The van der Waals surface area contributed by atoms with Crippen LogP contribution in [-0.4, -0.2) is 35.1 Å². The molecule has 0 saturated carbocycles. The van der Waals surface area contributed by atoms with Crippen LogP contribution in [0.3, 0.4) is 0 Å². The van der Waals surface area contributed by atoms with Crippen molar-refractivity contribution in [2.75, 3.05) is 13.2 Å². The number of aliphatic hydroxyl groups is 2. The maximum Gasteiger partial charge on any atom is 0.328 e. The minimum absolute atomic E-state index is 0.214. The lowest BCUT2D eigenvalue weighted by Gasteiger charge is -2.01. The highest BCUT2D eigenvalue weighted by Gasteiger charge is 2.12. The van der Waals surface area contributed by atoms with Crippen LogP contribution in [0.15, 0.2) is 0 Å². The van der Waals surface area contributed by atoms with Crippen LogP contribution in [0.2, 0.25) is 0 Å². The highest BCUT2D eigenvalue weighted by molar-refractivity contribution is 5.73. The highest BCUT2D eigenvalue weighted by atomic mass is 16.5. The molecule has 0 fully saturated rings. The molecule has 0 heterocycles. The van der Waals surface area contributed by atoms with Crippen LogP contribution < -0.4 is 5.73 Å². The number of ether oxygens (including phenoxy) is 1. The first-order valence-corrected chi connectivity index (χ1v) is 2.80. The minimum atomic E-state index is -0.993. The van der Waals surface area contributed by atoms with E-state index in [2.05, 4.69) is 4.74 Å². The number of aliphatic carboxylic acids is 1. The molecule has 0 bridgehead atoms. The number of carboxylic acid groups (broad SMARTS) is 1. The monoisotopic (exact) mass is 134 g/mol. The third kappa shape index (κ3) is 3.93. The molecule has 0 aliphatic heterocycles. The van der Waals surface area contributed by atoms with E-state index in [1.54, 1.807) is 0 Å². The van der Waals surface area contributed by atoms with E-state index in [-0.39, 0.29) is 6.61 Å². The minimum Gasteiger partial charge on any atom is -0.480 e. The van der Waals surface area contributed by atoms with Gasteiger partial charge >= 0.3 is 5.97 Å². The summed E-state index contributed by atoms with van der Waals surface area (Å²) in [6.07, 6.45) is 0. The summed E-state index contributed by atoms with van der Waals surface area (Å²) in [4.78, 5) is 10.0. The molecule has 4 heteroatoms. The Kier molecular flexibility index (Phi) is 4.00. The molecule has 1 atom stereocenters. The van der Waals surface area contributed by atoms with Gasteiger partial charge in [0, 0.05) is 6.92 Å². The lowest BCUT2D eigenvalue weighted by molar-refractivity contribution is -0.143. The molecule has 0 aliphatic carbocycles. The second-order valence-corrected chi connectivity index (χ2v) is 1.67. The fraction of sp³-hybridized carbons (Fsp3) is 0.800. The van der Waals surface area contributed by atoms with E-state index in [9.17, 15) is 4.79 Å². The Morgan fingerprint density at radius 1 is 1.89 bits per heavy atom. The third-order valence-corrected chi connectivity index (χ3v) is 0.867. The molecule has 0 aliphatic rings. The lowest BCUT2D eigenvalue weighted by Crippen LogP contribution is -2.36. The van der Waals surface area contributed by atoms with Crippen molar-refractivity contribution in [3.8, 4) is 0 Å². The SMILES string of the molecule is CC[OH+]C[C@@H](N)C(=O)O.